The molecule has 0 radical (unpaired) electrons. The quantitative estimate of drug-likeness (QED) is 0.735. The lowest BCUT2D eigenvalue weighted by Crippen LogP contribution is -2.08. The summed E-state index contributed by atoms with van der Waals surface area (Å²) in [5, 5.41) is 20.8. The van der Waals surface area contributed by atoms with Gasteiger partial charge >= 0.3 is 5.97 Å². The van der Waals surface area contributed by atoms with Gasteiger partial charge in [0.1, 0.15) is 17.1 Å². The van der Waals surface area contributed by atoms with E-state index in [-0.39, 0.29) is 11.3 Å². The Balaban J connectivity index is 2.04. The number of hydrogen-bond donors (Lipinski definition) is 3. The molecule has 6 nitrogen and oxygen atoms in total. The predicted molar refractivity (Wildman–Crippen MR) is 79.1 cm³/mol. The van der Waals surface area contributed by atoms with Crippen LogP contribution in [0.2, 0.25) is 0 Å². The number of benzene rings is 1. The van der Waals surface area contributed by atoms with E-state index < -0.39 is 17.6 Å². The van der Waals surface area contributed by atoms with Gasteiger partial charge in [-0.1, -0.05) is 0 Å². The number of aromatic hydroxyl groups is 1. The number of phenols is 1. The zero-order chi connectivity index (χ0) is 15.4. The van der Waals surface area contributed by atoms with Gasteiger partial charge in [-0.25, -0.2) is 4.79 Å². The van der Waals surface area contributed by atoms with Crippen molar-refractivity contribution in [3.05, 3.63) is 52.4 Å². The lowest BCUT2D eigenvalue weighted by Gasteiger charge is -2.04. The number of carboxylic acid groups (broad SMARTS) is 1. The van der Waals surface area contributed by atoms with Gasteiger partial charge in [-0.05, 0) is 46.3 Å². The molecule has 0 saturated carbocycles. The highest BCUT2D eigenvalue weighted by atomic mass is 79.9. The SMILES string of the molecule is O=C(/C=C/c1ccc(Br)o1)Nc1ccc(C(=O)O)c(O)c1. The number of amides is 1. The highest BCUT2D eigenvalue weighted by molar-refractivity contribution is 9.10. The van der Waals surface area contributed by atoms with Crippen molar-refractivity contribution in [2.75, 3.05) is 5.32 Å². The zero-order valence-corrected chi connectivity index (χ0v) is 12.1. The van der Waals surface area contributed by atoms with E-state index in [9.17, 15) is 14.7 Å². The number of carboxylic acids is 1. The fraction of sp³-hybridized carbons (Fsp3) is 0. The summed E-state index contributed by atoms with van der Waals surface area (Å²) >= 11 is 3.14. The zero-order valence-electron chi connectivity index (χ0n) is 10.5. The molecule has 1 aromatic heterocycles. The van der Waals surface area contributed by atoms with Crippen molar-refractivity contribution in [2.45, 2.75) is 0 Å². The van der Waals surface area contributed by atoms with Crippen LogP contribution in [0.1, 0.15) is 16.1 Å². The molecule has 0 atom stereocenters. The molecule has 108 valence electrons. The maximum atomic E-state index is 11.7. The van der Waals surface area contributed by atoms with Crippen molar-refractivity contribution >= 4 is 39.6 Å². The third-order valence-corrected chi connectivity index (χ3v) is 2.91. The molecule has 1 heterocycles. The third kappa shape index (κ3) is 3.96. The molecule has 0 bridgehead atoms. The van der Waals surface area contributed by atoms with Crippen LogP contribution >= 0.6 is 15.9 Å². The van der Waals surface area contributed by atoms with Crippen molar-refractivity contribution in [3.63, 3.8) is 0 Å². The first kappa shape index (κ1) is 14.9. The molecular formula is C14H10BrNO5. The minimum atomic E-state index is -1.24. The Morgan fingerprint density at radius 1 is 1.24 bits per heavy atom. The Kier molecular flexibility index (Phi) is 4.44. The number of carbonyl (C=O) groups excluding carboxylic acids is 1. The summed E-state index contributed by atoms with van der Waals surface area (Å²) in [4.78, 5) is 22.4. The summed E-state index contributed by atoms with van der Waals surface area (Å²) in [6.45, 7) is 0. The molecular weight excluding hydrogens is 342 g/mol. The van der Waals surface area contributed by atoms with Crippen LogP contribution in [0.15, 0.2) is 45.5 Å². The second-order valence-electron chi connectivity index (χ2n) is 4.00. The van der Waals surface area contributed by atoms with Crippen molar-refractivity contribution in [3.8, 4) is 5.75 Å². The largest absolute Gasteiger partial charge is 0.507 e. The van der Waals surface area contributed by atoms with Gasteiger partial charge in [-0.2, -0.15) is 0 Å². The van der Waals surface area contributed by atoms with Gasteiger partial charge in [-0.3, -0.25) is 4.79 Å². The number of nitrogens with one attached hydrogen (secondary N) is 1. The van der Waals surface area contributed by atoms with E-state index in [0.29, 0.717) is 10.4 Å². The molecule has 0 aliphatic carbocycles. The van der Waals surface area contributed by atoms with Crippen molar-refractivity contribution in [2.24, 2.45) is 0 Å². The van der Waals surface area contributed by atoms with Crippen LogP contribution in [-0.4, -0.2) is 22.1 Å². The highest BCUT2D eigenvalue weighted by Gasteiger charge is 2.10. The minimum Gasteiger partial charge on any atom is -0.507 e. The molecule has 2 aromatic rings. The van der Waals surface area contributed by atoms with Gasteiger partial charge in [-0.15, -0.1) is 0 Å². The molecule has 0 saturated heterocycles. The number of anilines is 1. The van der Waals surface area contributed by atoms with Crippen LogP contribution in [0.4, 0.5) is 5.69 Å². The first-order valence-electron chi connectivity index (χ1n) is 5.76. The van der Waals surface area contributed by atoms with E-state index in [0.717, 1.165) is 0 Å². The van der Waals surface area contributed by atoms with E-state index in [4.69, 9.17) is 9.52 Å². The Morgan fingerprint density at radius 3 is 2.57 bits per heavy atom. The van der Waals surface area contributed by atoms with Gasteiger partial charge in [0, 0.05) is 17.8 Å². The summed E-state index contributed by atoms with van der Waals surface area (Å²) in [5.41, 5.74) is 0.0525. The second kappa shape index (κ2) is 6.27. The summed E-state index contributed by atoms with van der Waals surface area (Å²) in [7, 11) is 0. The molecule has 21 heavy (non-hydrogen) atoms. The molecule has 0 unspecified atom stereocenters. The Hall–Kier alpha value is -2.54. The number of halogens is 1. The number of aromatic carboxylic acids is 1. The van der Waals surface area contributed by atoms with Crippen LogP contribution < -0.4 is 5.32 Å². The number of carbonyl (C=O) groups is 2. The summed E-state index contributed by atoms with van der Waals surface area (Å²) in [5.74, 6) is -1.60. The Labute approximate surface area is 127 Å². The third-order valence-electron chi connectivity index (χ3n) is 2.49. The van der Waals surface area contributed by atoms with Gasteiger partial charge in [0.05, 0.1) is 0 Å². The van der Waals surface area contributed by atoms with Crippen LogP contribution in [-0.2, 0) is 4.79 Å². The van der Waals surface area contributed by atoms with Crippen molar-refractivity contribution in [1.82, 2.24) is 0 Å². The van der Waals surface area contributed by atoms with E-state index in [1.807, 2.05) is 0 Å². The molecule has 1 amide bonds. The molecule has 3 N–H and O–H groups in total. The molecule has 0 aliphatic heterocycles. The average molecular weight is 352 g/mol. The Bertz CT molecular complexity index is 720. The molecule has 0 fully saturated rings. The van der Waals surface area contributed by atoms with E-state index in [1.165, 1.54) is 30.4 Å². The highest BCUT2D eigenvalue weighted by Crippen LogP contribution is 2.22. The van der Waals surface area contributed by atoms with Gasteiger partial charge in [0.15, 0.2) is 4.67 Å². The van der Waals surface area contributed by atoms with Crippen molar-refractivity contribution in [1.29, 1.82) is 0 Å². The molecule has 0 aliphatic rings. The smallest absolute Gasteiger partial charge is 0.339 e. The number of hydrogen-bond acceptors (Lipinski definition) is 4. The van der Waals surface area contributed by atoms with E-state index >= 15 is 0 Å². The molecule has 2 rings (SSSR count). The average Bonchev–Trinajstić information content (AvgIpc) is 2.82. The van der Waals surface area contributed by atoms with Gasteiger partial charge < -0.3 is 19.9 Å². The lowest BCUT2D eigenvalue weighted by molar-refractivity contribution is -0.111. The fourth-order valence-electron chi connectivity index (χ4n) is 1.55. The topological polar surface area (TPSA) is 99.8 Å². The van der Waals surface area contributed by atoms with Crippen LogP contribution in [0, 0.1) is 0 Å². The number of rotatable bonds is 4. The van der Waals surface area contributed by atoms with Crippen molar-refractivity contribution < 1.29 is 24.2 Å². The summed E-state index contributed by atoms with van der Waals surface area (Å²) < 4.78 is 5.74. The minimum absolute atomic E-state index is 0.232. The predicted octanol–water partition coefficient (Wildman–Crippen LogP) is 3.10. The fourth-order valence-corrected chi connectivity index (χ4v) is 1.87. The monoisotopic (exact) mass is 351 g/mol. The standard InChI is InChI=1S/C14H10BrNO5/c15-12-5-2-9(21-12)3-6-13(18)16-8-1-4-10(14(19)20)11(17)7-8/h1-7,17H,(H,16,18)(H,19,20)/b6-3+. The number of furan rings is 1. The first-order valence-corrected chi connectivity index (χ1v) is 6.56. The van der Waals surface area contributed by atoms with Gasteiger partial charge in [0.2, 0.25) is 5.91 Å². The first-order chi connectivity index (χ1) is 9.95. The molecule has 7 heteroatoms. The maximum Gasteiger partial charge on any atom is 0.339 e. The molecule has 1 aromatic carbocycles. The van der Waals surface area contributed by atoms with E-state index in [2.05, 4.69) is 21.2 Å². The van der Waals surface area contributed by atoms with Crippen LogP contribution in [0.25, 0.3) is 6.08 Å². The second-order valence-corrected chi connectivity index (χ2v) is 4.78. The summed E-state index contributed by atoms with van der Waals surface area (Å²) in [6.07, 6.45) is 2.74. The molecule has 0 spiro atoms. The van der Waals surface area contributed by atoms with E-state index in [1.54, 1.807) is 12.1 Å². The lowest BCUT2D eigenvalue weighted by atomic mass is 10.2. The van der Waals surface area contributed by atoms with Crippen LogP contribution in [0.5, 0.6) is 5.75 Å². The van der Waals surface area contributed by atoms with Gasteiger partial charge in [0.25, 0.3) is 0 Å². The summed E-state index contributed by atoms with van der Waals surface area (Å²) in [6, 6.07) is 7.14. The maximum absolute atomic E-state index is 11.7. The van der Waals surface area contributed by atoms with Crippen LogP contribution in [0.3, 0.4) is 0 Å². The Morgan fingerprint density at radius 2 is 2.00 bits per heavy atom. The normalized spacial score (nSPS) is 10.7.